The van der Waals surface area contributed by atoms with Crippen molar-refractivity contribution in [3.63, 3.8) is 0 Å². The Labute approximate surface area is 122 Å². The number of hydrogen-bond donors (Lipinski definition) is 1. The van der Waals surface area contributed by atoms with E-state index in [1.54, 1.807) is 0 Å². The van der Waals surface area contributed by atoms with E-state index in [4.69, 9.17) is 16.3 Å². The fourth-order valence-electron chi connectivity index (χ4n) is 2.25. The van der Waals surface area contributed by atoms with Crippen LogP contribution in [0, 0.1) is 5.92 Å². The first-order valence-electron chi connectivity index (χ1n) is 6.39. The van der Waals surface area contributed by atoms with Gasteiger partial charge in [-0.1, -0.05) is 25.4 Å². The molecule has 4 heteroatoms. The van der Waals surface area contributed by atoms with Gasteiger partial charge in [0.2, 0.25) is 0 Å². The number of nitrogens with one attached hydrogen (secondary N) is 1. The van der Waals surface area contributed by atoms with Gasteiger partial charge >= 0.3 is 0 Å². The molecule has 2 rings (SSSR count). The van der Waals surface area contributed by atoms with E-state index >= 15 is 0 Å². The molecule has 1 saturated heterocycles. The molecule has 0 aliphatic carbocycles. The van der Waals surface area contributed by atoms with Crippen molar-refractivity contribution >= 4 is 33.2 Å². The molecule has 0 saturated carbocycles. The van der Waals surface area contributed by atoms with Crippen molar-refractivity contribution in [2.45, 2.75) is 38.8 Å². The van der Waals surface area contributed by atoms with E-state index in [0.29, 0.717) is 18.1 Å². The first-order valence-corrected chi connectivity index (χ1v) is 7.56. The second kappa shape index (κ2) is 6.27. The number of benzene rings is 1. The van der Waals surface area contributed by atoms with Crippen LogP contribution in [0.25, 0.3) is 0 Å². The molecule has 0 spiro atoms. The first kappa shape index (κ1) is 14.2. The van der Waals surface area contributed by atoms with Crippen LogP contribution in [-0.2, 0) is 4.74 Å². The maximum absolute atomic E-state index is 6.03. The highest BCUT2D eigenvalue weighted by Crippen LogP contribution is 2.29. The maximum Gasteiger partial charge on any atom is 0.0617 e. The number of halogens is 2. The maximum atomic E-state index is 6.03. The third-order valence-corrected chi connectivity index (χ3v) is 4.27. The number of ether oxygens (including phenoxy) is 1. The first-order chi connectivity index (χ1) is 8.56. The van der Waals surface area contributed by atoms with E-state index in [1.807, 2.05) is 18.2 Å². The topological polar surface area (TPSA) is 21.3 Å². The fraction of sp³-hybridized carbons (Fsp3) is 0.571. The molecule has 0 aromatic heterocycles. The van der Waals surface area contributed by atoms with Gasteiger partial charge in [0.25, 0.3) is 0 Å². The zero-order valence-corrected chi connectivity index (χ0v) is 13.1. The minimum atomic E-state index is 0.356. The third-order valence-electron chi connectivity index (χ3n) is 3.35. The minimum Gasteiger partial charge on any atom is -0.381 e. The Morgan fingerprint density at radius 3 is 2.94 bits per heavy atom. The van der Waals surface area contributed by atoms with Crippen molar-refractivity contribution < 1.29 is 4.74 Å². The standard InChI is InChI=1S/C14H19BrClNO/c1-9(2)14-8-11(5-6-18-14)17-13-7-10(16)3-4-12(13)15/h3-4,7,9,11,14,17H,5-6,8H2,1-2H3. The van der Waals surface area contributed by atoms with Gasteiger partial charge in [-0.2, -0.15) is 0 Å². The molecule has 2 unspecified atom stereocenters. The molecule has 1 heterocycles. The van der Waals surface area contributed by atoms with Crippen molar-refractivity contribution in [1.29, 1.82) is 0 Å². The van der Waals surface area contributed by atoms with E-state index in [0.717, 1.165) is 34.6 Å². The van der Waals surface area contributed by atoms with Gasteiger partial charge in [-0.15, -0.1) is 0 Å². The molecule has 100 valence electrons. The van der Waals surface area contributed by atoms with E-state index in [2.05, 4.69) is 35.1 Å². The summed E-state index contributed by atoms with van der Waals surface area (Å²) in [4.78, 5) is 0. The lowest BCUT2D eigenvalue weighted by molar-refractivity contribution is -0.0160. The van der Waals surface area contributed by atoms with Crippen molar-refractivity contribution in [2.75, 3.05) is 11.9 Å². The summed E-state index contributed by atoms with van der Waals surface area (Å²) >= 11 is 9.58. The molecule has 1 aliphatic heterocycles. The van der Waals surface area contributed by atoms with Gasteiger partial charge in [0, 0.05) is 22.1 Å². The average molecular weight is 333 g/mol. The summed E-state index contributed by atoms with van der Waals surface area (Å²) in [6, 6.07) is 6.29. The lowest BCUT2D eigenvalue weighted by atomic mass is 9.95. The predicted molar refractivity (Wildman–Crippen MR) is 80.4 cm³/mol. The highest BCUT2D eigenvalue weighted by molar-refractivity contribution is 9.10. The van der Waals surface area contributed by atoms with Gasteiger partial charge in [0.05, 0.1) is 11.8 Å². The molecule has 0 radical (unpaired) electrons. The SMILES string of the molecule is CC(C)C1CC(Nc2cc(Cl)ccc2Br)CCO1. The summed E-state index contributed by atoms with van der Waals surface area (Å²) in [5.41, 5.74) is 1.07. The molecule has 2 atom stereocenters. The highest BCUT2D eigenvalue weighted by atomic mass is 79.9. The number of hydrogen-bond acceptors (Lipinski definition) is 2. The number of anilines is 1. The molecule has 1 aliphatic rings. The predicted octanol–water partition coefficient (Wildman–Crippen LogP) is 4.72. The Bertz CT molecular complexity index is 411. The van der Waals surface area contributed by atoms with Crippen molar-refractivity contribution in [1.82, 2.24) is 0 Å². The number of rotatable bonds is 3. The lowest BCUT2D eigenvalue weighted by Crippen LogP contribution is -2.36. The highest BCUT2D eigenvalue weighted by Gasteiger charge is 2.25. The molecule has 1 N–H and O–H groups in total. The molecule has 2 nitrogen and oxygen atoms in total. The van der Waals surface area contributed by atoms with Gasteiger partial charge in [-0.05, 0) is 52.9 Å². The van der Waals surface area contributed by atoms with Crippen LogP contribution >= 0.6 is 27.5 Å². The van der Waals surface area contributed by atoms with E-state index in [-0.39, 0.29) is 0 Å². The molecule has 0 amide bonds. The summed E-state index contributed by atoms with van der Waals surface area (Å²) in [5.74, 6) is 0.567. The quantitative estimate of drug-likeness (QED) is 0.865. The third kappa shape index (κ3) is 3.62. The Kier molecular flexibility index (Phi) is 4.93. The Morgan fingerprint density at radius 1 is 1.44 bits per heavy atom. The Morgan fingerprint density at radius 2 is 2.22 bits per heavy atom. The van der Waals surface area contributed by atoms with Gasteiger partial charge in [-0.3, -0.25) is 0 Å². The second-order valence-corrected chi connectivity index (χ2v) is 6.43. The summed E-state index contributed by atoms with van der Waals surface area (Å²) in [5, 5.41) is 4.32. The zero-order chi connectivity index (χ0) is 13.1. The summed E-state index contributed by atoms with van der Waals surface area (Å²) in [7, 11) is 0. The van der Waals surface area contributed by atoms with Gasteiger partial charge < -0.3 is 10.1 Å². The summed E-state index contributed by atoms with van der Waals surface area (Å²) in [6.45, 7) is 5.25. The van der Waals surface area contributed by atoms with Gasteiger partial charge in [0.1, 0.15) is 0 Å². The van der Waals surface area contributed by atoms with E-state index in [1.165, 1.54) is 0 Å². The largest absolute Gasteiger partial charge is 0.381 e. The molecule has 0 bridgehead atoms. The van der Waals surface area contributed by atoms with Crippen LogP contribution in [0.3, 0.4) is 0 Å². The van der Waals surface area contributed by atoms with Gasteiger partial charge in [0.15, 0.2) is 0 Å². The smallest absolute Gasteiger partial charge is 0.0617 e. The summed E-state index contributed by atoms with van der Waals surface area (Å²) in [6.07, 6.45) is 2.45. The molecular formula is C14H19BrClNO. The van der Waals surface area contributed by atoms with Crippen LogP contribution in [0.2, 0.25) is 5.02 Å². The Hall–Kier alpha value is -0.250. The fourth-order valence-corrected chi connectivity index (χ4v) is 2.78. The monoisotopic (exact) mass is 331 g/mol. The Balaban J connectivity index is 2.02. The van der Waals surface area contributed by atoms with Crippen molar-refractivity contribution in [3.05, 3.63) is 27.7 Å². The van der Waals surface area contributed by atoms with Gasteiger partial charge in [-0.25, -0.2) is 0 Å². The molecule has 1 fully saturated rings. The van der Waals surface area contributed by atoms with Crippen LogP contribution < -0.4 is 5.32 Å². The molecule has 1 aromatic carbocycles. The molecule has 18 heavy (non-hydrogen) atoms. The molecular weight excluding hydrogens is 314 g/mol. The second-order valence-electron chi connectivity index (χ2n) is 5.14. The van der Waals surface area contributed by atoms with E-state index in [9.17, 15) is 0 Å². The lowest BCUT2D eigenvalue weighted by Gasteiger charge is -2.33. The van der Waals surface area contributed by atoms with Crippen LogP contribution in [-0.4, -0.2) is 18.8 Å². The zero-order valence-electron chi connectivity index (χ0n) is 10.7. The van der Waals surface area contributed by atoms with E-state index < -0.39 is 0 Å². The normalized spacial score (nSPS) is 24.3. The van der Waals surface area contributed by atoms with Crippen molar-refractivity contribution in [3.8, 4) is 0 Å². The average Bonchev–Trinajstić information content (AvgIpc) is 2.34. The summed E-state index contributed by atoms with van der Waals surface area (Å²) < 4.78 is 6.84. The minimum absolute atomic E-state index is 0.356. The molecule has 1 aromatic rings. The van der Waals surface area contributed by atoms with Crippen LogP contribution in [0.15, 0.2) is 22.7 Å². The van der Waals surface area contributed by atoms with Crippen molar-refractivity contribution in [2.24, 2.45) is 5.92 Å². The van der Waals surface area contributed by atoms with Crippen LogP contribution in [0.4, 0.5) is 5.69 Å². The van der Waals surface area contributed by atoms with Crippen LogP contribution in [0.5, 0.6) is 0 Å². The van der Waals surface area contributed by atoms with Crippen LogP contribution in [0.1, 0.15) is 26.7 Å².